The number of nitrogens with zero attached hydrogens (tertiary/aromatic N) is 6. The lowest BCUT2D eigenvalue weighted by Crippen LogP contribution is -2.39. The Balaban J connectivity index is 0.000000695. The molecule has 1 aromatic heterocycles. The molecular weight excluding hydrogens is 716 g/mol. The predicted molar refractivity (Wildman–Crippen MR) is 226 cm³/mol. The van der Waals surface area contributed by atoms with E-state index in [0.717, 1.165) is 70.5 Å². The summed E-state index contributed by atoms with van der Waals surface area (Å²) in [6, 6.07) is 47.9. The number of aromatic nitrogens is 4. The maximum absolute atomic E-state index is 10.3. The van der Waals surface area contributed by atoms with Gasteiger partial charge >= 0.3 is 0 Å². The van der Waals surface area contributed by atoms with Crippen molar-refractivity contribution in [2.45, 2.75) is 70.5 Å². The molecule has 1 unspecified atom stereocenters. The van der Waals surface area contributed by atoms with E-state index >= 15 is 0 Å². The Kier molecular flexibility index (Phi) is 13.3. The van der Waals surface area contributed by atoms with Gasteiger partial charge in [0, 0.05) is 24.9 Å². The molecule has 6 aromatic rings. The summed E-state index contributed by atoms with van der Waals surface area (Å²) in [5.41, 5.74) is 6.37. The number of alkyl halides is 1. The van der Waals surface area contributed by atoms with Gasteiger partial charge in [-0.2, -0.15) is 0 Å². The molecule has 0 bridgehead atoms. The van der Waals surface area contributed by atoms with E-state index in [1.807, 2.05) is 80.6 Å². The van der Waals surface area contributed by atoms with E-state index in [9.17, 15) is 9.90 Å². The van der Waals surface area contributed by atoms with Gasteiger partial charge in [-0.05, 0) is 57.9 Å². The number of Topliss-reactive ketones (excluding diaryl/α,β-unsaturated/α-hetero) is 1. The van der Waals surface area contributed by atoms with Gasteiger partial charge in [0.15, 0.2) is 10.5 Å². The smallest absolute Gasteiger partial charge is 0.205 e. The second-order valence-corrected chi connectivity index (χ2v) is 15.5. The van der Waals surface area contributed by atoms with E-state index < -0.39 is 10.5 Å². The number of tetrazole rings is 1. The largest absolute Gasteiger partial charge is 0.392 e. The van der Waals surface area contributed by atoms with Crippen LogP contribution in [-0.4, -0.2) is 60.0 Å². The number of carbonyl (C=O) groups is 1. The number of hydrogen-bond acceptors (Lipinski definition) is 7. The van der Waals surface area contributed by atoms with Crippen LogP contribution >= 0.6 is 11.6 Å². The first-order valence-corrected chi connectivity index (χ1v) is 19.8. The Morgan fingerprint density at radius 1 is 0.804 bits per heavy atom. The monoisotopic (exact) mass is 766 g/mol. The molecule has 1 N–H and O–H groups in total. The normalized spacial score (nSPS) is 15.3. The highest BCUT2D eigenvalue weighted by molar-refractivity contribution is 6.25. The average Bonchev–Trinajstić information content (AvgIpc) is 3.84. The van der Waals surface area contributed by atoms with E-state index in [0.29, 0.717) is 24.8 Å². The van der Waals surface area contributed by atoms with Crippen molar-refractivity contribution in [2.75, 3.05) is 13.2 Å². The van der Waals surface area contributed by atoms with Crippen molar-refractivity contribution in [3.8, 4) is 22.5 Å². The highest BCUT2D eigenvalue weighted by Gasteiger charge is 2.41. The number of hydrogen-bond donors (Lipinski definition) is 1. The summed E-state index contributed by atoms with van der Waals surface area (Å²) in [5.74, 6) is 2.32. The van der Waals surface area contributed by atoms with E-state index in [-0.39, 0.29) is 12.4 Å². The molecule has 8 nitrogen and oxygen atoms in total. The van der Waals surface area contributed by atoms with E-state index in [2.05, 4.69) is 89.6 Å². The molecule has 1 atom stereocenters. The Labute approximate surface area is 335 Å². The van der Waals surface area contributed by atoms with Crippen molar-refractivity contribution in [2.24, 2.45) is 10.9 Å². The first-order valence-electron chi connectivity index (χ1n) is 19.5. The van der Waals surface area contributed by atoms with Crippen LogP contribution in [0.1, 0.15) is 75.6 Å². The molecule has 0 radical (unpaired) electrons. The van der Waals surface area contributed by atoms with Crippen LogP contribution in [0.25, 0.3) is 22.5 Å². The molecule has 9 heteroatoms. The molecule has 56 heavy (non-hydrogen) atoms. The fourth-order valence-corrected chi connectivity index (χ4v) is 7.61. The van der Waals surface area contributed by atoms with Crippen molar-refractivity contribution in [3.05, 3.63) is 162 Å². The third kappa shape index (κ3) is 9.15. The van der Waals surface area contributed by atoms with E-state index in [4.69, 9.17) is 27.0 Å². The standard InChI is InChI=1S/C41H39ClN6O.C6H12O/c1-2-3-23-38-43-40(42,30-49)29-47(38)28-31-24-26-32(27-25-31)36-21-13-14-22-37(36)39-44-46-48(45-39)41(33-15-7-4-8-16-33,34-17-9-5-10-18-34)35-19-11-6-12-20-35;1-5(2)4-6(3)7/h4-22,24-27,49H,2-3,23,28-30H2,1H3;5H,4H2,1-3H3. The number of halogens is 1. The first-order chi connectivity index (χ1) is 27.2. The molecule has 1 aliphatic heterocycles. The number of amidine groups is 1. The van der Waals surface area contributed by atoms with Gasteiger partial charge < -0.3 is 14.8 Å². The van der Waals surface area contributed by atoms with Crippen LogP contribution in [0.3, 0.4) is 0 Å². The molecule has 2 heterocycles. The molecule has 288 valence electrons. The third-order valence-corrected chi connectivity index (χ3v) is 10.2. The molecule has 5 aromatic carbocycles. The Hall–Kier alpha value is -5.44. The topological polar surface area (TPSA) is 96.5 Å². The second kappa shape index (κ2) is 18.5. The minimum absolute atomic E-state index is 0.182. The van der Waals surface area contributed by atoms with Crippen LogP contribution in [0.15, 0.2) is 145 Å². The van der Waals surface area contributed by atoms with Gasteiger partial charge in [0.2, 0.25) is 5.82 Å². The maximum Gasteiger partial charge on any atom is 0.205 e. The number of benzene rings is 5. The van der Waals surface area contributed by atoms with Crippen LogP contribution in [0.5, 0.6) is 0 Å². The molecule has 0 amide bonds. The van der Waals surface area contributed by atoms with Crippen LogP contribution in [0.2, 0.25) is 0 Å². The number of rotatable bonds is 14. The molecular formula is C47H51ClN6O2. The number of unbranched alkanes of at least 4 members (excludes halogenated alkanes) is 1. The fourth-order valence-electron chi connectivity index (χ4n) is 7.37. The molecule has 7 rings (SSSR count). The van der Waals surface area contributed by atoms with Crippen molar-refractivity contribution in [1.82, 2.24) is 25.1 Å². The Bertz CT molecular complexity index is 2090. The lowest BCUT2D eigenvalue weighted by Gasteiger charge is -2.34. The van der Waals surface area contributed by atoms with Gasteiger partial charge in [-0.15, -0.1) is 15.0 Å². The zero-order valence-corrected chi connectivity index (χ0v) is 33.5. The second-order valence-electron chi connectivity index (χ2n) is 14.8. The summed E-state index contributed by atoms with van der Waals surface area (Å²) in [5, 5.41) is 24.5. The summed E-state index contributed by atoms with van der Waals surface area (Å²) in [7, 11) is 0. The summed E-state index contributed by atoms with van der Waals surface area (Å²) in [6.45, 7) is 8.86. The van der Waals surface area contributed by atoms with E-state index in [1.165, 1.54) is 0 Å². The molecule has 0 saturated heterocycles. The Morgan fingerprint density at radius 2 is 1.34 bits per heavy atom. The van der Waals surface area contributed by atoms with Gasteiger partial charge in [0.1, 0.15) is 11.6 Å². The Morgan fingerprint density at radius 3 is 1.82 bits per heavy atom. The maximum atomic E-state index is 10.3. The average molecular weight is 767 g/mol. The summed E-state index contributed by atoms with van der Waals surface area (Å²) < 4.78 is 0. The molecule has 0 saturated carbocycles. The van der Waals surface area contributed by atoms with E-state index in [1.54, 1.807) is 11.7 Å². The quantitative estimate of drug-likeness (QED) is 0.0674. The molecule has 1 aliphatic rings. The first kappa shape index (κ1) is 40.2. The predicted octanol–water partition coefficient (Wildman–Crippen LogP) is 9.80. The van der Waals surface area contributed by atoms with Gasteiger partial charge in [0.05, 0.1) is 13.2 Å². The van der Waals surface area contributed by atoms with Crippen LogP contribution in [-0.2, 0) is 16.9 Å². The lowest BCUT2D eigenvalue weighted by molar-refractivity contribution is -0.117. The summed E-state index contributed by atoms with van der Waals surface area (Å²) >= 11 is 6.61. The third-order valence-electron chi connectivity index (χ3n) is 9.91. The highest BCUT2D eigenvalue weighted by Crippen LogP contribution is 2.40. The lowest BCUT2D eigenvalue weighted by atomic mass is 9.77. The number of ketones is 1. The highest BCUT2D eigenvalue weighted by atomic mass is 35.5. The summed E-state index contributed by atoms with van der Waals surface area (Å²) in [4.78, 5) is 17.9. The minimum atomic E-state index is -0.967. The van der Waals surface area contributed by atoms with Crippen molar-refractivity contribution in [3.63, 3.8) is 0 Å². The van der Waals surface area contributed by atoms with Crippen molar-refractivity contribution >= 4 is 23.2 Å². The number of aliphatic imine (C=N–C) groups is 1. The van der Waals surface area contributed by atoms with Crippen LogP contribution in [0.4, 0.5) is 0 Å². The van der Waals surface area contributed by atoms with Gasteiger partial charge in [-0.25, -0.2) is 4.99 Å². The van der Waals surface area contributed by atoms with Gasteiger partial charge in [0.25, 0.3) is 0 Å². The number of aliphatic hydroxyl groups excluding tert-OH is 1. The zero-order chi connectivity index (χ0) is 39.5. The minimum Gasteiger partial charge on any atom is -0.392 e. The number of carbonyl (C=O) groups excluding carboxylic acids is 1. The molecule has 0 aliphatic carbocycles. The van der Waals surface area contributed by atoms with Gasteiger partial charge in [-0.3, -0.25) is 0 Å². The SMILES string of the molecule is CC(=O)CC(C)C.CCCCC1=NC(Cl)(CO)CN1Cc1ccc(-c2ccccc2-c2nnn(C(c3ccccc3)(c3ccccc3)c3ccccc3)n2)cc1. The summed E-state index contributed by atoms with van der Waals surface area (Å²) in [6.07, 6.45) is 3.68. The van der Waals surface area contributed by atoms with Crippen LogP contribution in [0, 0.1) is 5.92 Å². The number of aliphatic hydroxyl groups is 1. The zero-order valence-electron chi connectivity index (χ0n) is 32.7. The fraction of sp³-hybridized carbons (Fsp3) is 0.298. The van der Waals surface area contributed by atoms with Crippen molar-refractivity contribution in [1.29, 1.82) is 0 Å². The molecule has 0 fully saturated rings. The van der Waals surface area contributed by atoms with Crippen molar-refractivity contribution < 1.29 is 9.90 Å². The van der Waals surface area contributed by atoms with Gasteiger partial charge in [-0.1, -0.05) is 178 Å². The molecule has 0 spiro atoms. The van der Waals surface area contributed by atoms with Crippen LogP contribution < -0.4 is 0 Å².